The third-order valence-corrected chi connectivity index (χ3v) is 3.10. The molecule has 0 heterocycles. The Kier molecular flexibility index (Phi) is 6.29. The lowest BCUT2D eigenvalue weighted by atomic mass is 10.2. The summed E-state index contributed by atoms with van der Waals surface area (Å²) >= 11 is 5.93. The average Bonchev–Trinajstić information content (AvgIpc) is 2.50. The fourth-order valence-corrected chi connectivity index (χ4v) is 2.15. The Morgan fingerprint density at radius 2 is 2.00 bits per heavy atom. The van der Waals surface area contributed by atoms with Crippen LogP contribution in [0.3, 0.4) is 0 Å². The van der Waals surface area contributed by atoms with Crippen LogP contribution < -0.4 is 14.9 Å². The van der Waals surface area contributed by atoms with Crippen molar-refractivity contribution in [3.63, 3.8) is 0 Å². The van der Waals surface area contributed by atoms with E-state index in [4.69, 9.17) is 21.1 Å². The first-order valence-electron chi connectivity index (χ1n) is 7.56. The molecule has 5 heteroatoms. The minimum atomic E-state index is 0.0956. The summed E-state index contributed by atoms with van der Waals surface area (Å²) in [5.74, 6) is 1.45. The van der Waals surface area contributed by atoms with Crippen LogP contribution in [0.2, 0.25) is 5.02 Å². The summed E-state index contributed by atoms with van der Waals surface area (Å²) in [4.78, 5) is 0. The molecule has 23 heavy (non-hydrogen) atoms. The lowest BCUT2D eigenvalue weighted by molar-refractivity contribution is 0.224. The number of hydrogen-bond acceptors (Lipinski definition) is 4. The van der Waals surface area contributed by atoms with Gasteiger partial charge in [-0.2, -0.15) is 5.10 Å². The predicted octanol–water partition coefficient (Wildman–Crippen LogP) is 4.97. The van der Waals surface area contributed by atoms with Crippen molar-refractivity contribution in [2.24, 2.45) is 5.10 Å². The summed E-state index contributed by atoms with van der Waals surface area (Å²) in [5, 5.41) is 4.88. The van der Waals surface area contributed by atoms with Crippen LogP contribution in [-0.2, 0) is 0 Å². The number of hydrogen-bond donors (Lipinski definition) is 1. The number of nitrogens with zero attached hydrogens (tertiary/aromatic N) is 1. The minimum Gasteiger partial charge on any atom is -0.490 e. The third-order valence-electron chi connectivity index (χ3n) is 2.86. The summed E-state index contributed by atoms with van der Waals surface area (Å²) in [7, 11) is 0. The quantitative estimate of drug-likeness (QED) is 0.575. The van der Waals surface area contributed by atoms with Crippen LogP contribution in [0.15, 0.2) is 47.6 Å². The van der Waals surface area contributed by atoms with E-state index in [0.717, 1.165) is 17.0 Å². The summed E-state index contributed by atoms with van der Waals surface area (Å²) in [6.45, 7) is 6.50. The Morgan fingerprint density at radius 3 is 2.70 bits per heavy atom. The SMILES string of the molecule is CCOc1cc(C=NNc2cccc(Cl)c2)ccc1OC(C)C. The molecule has 0 amide bonds. The van der Waals surface area contributed by atoms with Crippen LogP contribution in [0.4, 0.5) is 5.69 Å². The normalized spacial score (nSPS) is 11.0. The second kappa shape index (κ2) is 8.44. The van der Waals surface area contributed by atoms with Gasteiger partial charge in [-0.1, -0.05) is 17.7 Å². The monoisotopic (exact) mass is 332 g/mol. The molecule has 0 aliphatic rings. The van der Waals surface area contributed by atoms with Crippen LogP contribution in [-0.4, -0.2) is 18.9 Å². The molecule has 2 rings (SSSR count). The van der Waals surface area contributed by atoms with Crippen molar-refractivity contribution in [3.05, 3.63) is 53.1 Å². The molecule has 1 N–H and O–H groups in total. The van der Waals surface area contributed by atoms with Crippen molar-refractivity contribution in [2.75, 3.05) is 12.0 Å². The van der Waals surface area contributed by atoms with Crippen molar-refractivity contribution in [1.82, 2.24) is 0 Å². The van der Waals surface area contributed by atoms with E-state index in [1.54, 1.807) is 6.21 Å². The standard InChI is InChI=1S/C18H21ClN2O2/c1-4-22-18-10-14(8-9-17(18)23-13(2)3)12-20-21-16-7-5-6-15(19)11-16/h5-13,21H,4H2,1-3H3. The van der Waals surface area contributed by atoms with Crippen molar-refractivity contribution >= 4 is 23.5 Å². The lowest BCUT2D eigenvalue weighted by Crippen LogP contribution is -2.07. The van der Waals surface area contributed by atoms with Gasteiger partial charge in [-0.3, -0.25) is 5.43 Å². The smallest absolute Gasteiger partial charge is 0.161 e. The topological polar surface area (TPSA) is 42.8 Å². The second-order valence-electron chi connectivity index (χ2n) is 5.19. The van der Waals surface area contributed by atoms with E-state index in [1.165, 1.54) is 0 Å². The van der Waals surface area contributed by atoms with Crippen LogP contribution >= 0.6 is 11.6 Å². The molecular formula is C18H21ClN2O2. The molecule has 0 bridgehead atoms. The molecule has 2 aromatic rings. The molecule has 0 aliphatic heterocycles. The maximum atomic E-state index is 5.93. The average molecular weight is 333 g/mol. The zero-order valence-corrected chi connectivity index (χ0v) is 14.3. The first-order chi connectivity index (χ1) is 11.1. The second-order valence-corrected chi connectivity index (χ2v) is 5.62. The fourth-order valence-electron chi connectivity index (χ4n) is 1.96. The van der Waals surface area contributed by atoms with E-state index < -0.39 is 0 Å². The van der Waals surface area contributed by atoms with Gasteiger partial charge in [0.25, 0.3) is 0 Å². The molecule has 0 aliphatic carbocycles. The Morgan fingerprint density at radius 1 is 1.17 bits per heavy atom. The highest BCUT2D eigenvalue weighted by atomic mass is 35.5. The van der Waals surface area contributed by atoms with Crippen LogP contribution in [0.25, 0.3) is 0 Å². The van der Waals surface area contributed by atoms with Crippen LogP contribution in [0.1, 0.15) is 26.3 Å². The van der Waals surface area contributed by atoms with E-state index in [9.17, 15) is 0 Å². The summed E-state index contributed by atoms with van der Waals surface area (Å²) in [6, 6.07) is 13.1. The Labute approximate surface area is 142 Å². The highest BCUT2D eigenvalue weighted by molar-refractivity contribution is 6.30. The molecule has 122 valence electrons. The predicted molar refractivity (Wildman–Crippen MR) is 96.0 cm³/mol. The van der Waals surface area contributed by atoms with Crippen LogP contribution in [0, 0.1) is 0 Å². The number of ether oxygens (including phenoxy) is 2. The lowest BCUT2D eigenvalue weighted by Gasteiger charge is -2.14. The van der Waals surface area contributed by atoms with E-state index >= 15 is 0 Å². The largest absolute Gasteiger partial charge is 0.490 e. The van der Waals surface area contributed by atoms with E-state index in [2.05, 4.69) is 10.5 Å². The number of nitrogens with one attached hydrogen (secondary N) is 1. The molecule has 4 nitrogen and oxygen atoms in total. The molecule has 0 radical (unpaired) electrons. The molecule has 0 aromatic heterocycles. The summed E-state index contributed by atoms with van der Waals surface area (Å²) in [5.41, 5.74) is 4.69. The number of halogens is 1. The Bertz CT molecular complexity index is 672. The first kappa shape index (κ1) is 17.2. The molecule has 2 aromatic carbocycles. The number of rotatable bonds is 7. The maximum Gasteiger partial charge on any atom is 0.161 e. The Balaban J connectivity index is 2.10. The molecule has 0 fully saturated rings. The van der Waals surface area contributed by atoms with Gasteiger partial charge >= 0.3 is 0 Å². The van der Waals surface area contributed by atoms with Gasteiger partial charge in [0.05, 0.1) is 24.6 Å². The van der Waals surface area contributed by atoms with Gasteiger partial charge in [0.2, 0.25) is 0 Å². The Hall–Kier alpha value is -2.20. The molecule has 0 saturated carbocycles. The third kappa shape index (κ3) is 5.49. The minimum absolute atomic E-state index is 0.0956. The van der Waals surface area contributed by atoms with Gasteiger partial charge in [0.1, 0.15) is 0 Å². The summed E-state index contributed by atoms with van der Waals surface area (Å²) < 4.78 is 11.4. The molecule has 0 unspecified atom stereocenters. The number of benzene rings is 2. The van der Waals surface area contributed by atoms with Gasteiger partial charge in [-0.05, 0) is 62.7 Å². The van der Waals surface area contributed by atoms with E-state index in [-0.39, 0.29) is 6.10 Å². The van der Waals surface area contributed by atoms with Gasteiger partial charge in [-0.25, -0.2) is 0 Å². The molecule has 0 spiro atoms. The van der Waals surface area contributed by atoms with Gasteiger partial charge in [-0.15, -0.1) is 0 Å². The highest BCUT2D eigenvalue weighted by Crippen LogP contribution is 2.29. The van der Waals surface area contributed by atoms with Crippen molar-refractivity contribution in [1.29, 1.82) is 0 Å². The zero-order chi connectivity index (χ0) is 16.7. The fraction of sp³-hybridized carbons (Fsp3) is 0.278. The zero-order valence-electron chi connectivity index (χ0n) is 13.5. The van der Waals surface area contributed by atoms with Crippen molar-refractivity contribution in [2.45, 2.75) is 26.9 Å². The van der Waals surface area contributed by atoms with Gasteiger partial charge in [0, 0.05) is 5.02 Å². The molecule has 0 atom stereocenters. The van der Waals surface area contributed by atoms with Gasteiger partial charge in [0.15, 0.2) is 11.5 Å². The number of anilines is 1. The van der Waals surface area contributed by atoms with Crippen LogP contribution in [0.5, 0.6) is 11.5 Å². The molecule has 0 saturated heterocycles. The van der Waals surface area contributed by atoms with E-state index in [0.29, 0.717) is 17.4 Å². The maximum absolute atomic E-state index is 5.93. The number of hydrazone groups is 1. The highest BCUT2D eigenvalue weighted by Gasteiger charge is 2.07. The summed E-state index contributed by atoms with van der Waals surface area (Å²) in [6.07, 6.45) is 1.82. The van der Waals surface area contributed by atoms with Crippen molar-refractivity contribution in [3.8, 4) is 11.5 Å². The molecular weight excluding hydrogens is 312 g/mol. The first-order valence-corrected chi connectivity index (χ1v) is 7.94. The van der Waals surface area contributed by atoms with E-state index in [1.807, 2.05) is 63.2 Å². The van der Waals surface area contributed by atoms with Crippen molar-refractivity contribution < 1.29 is 9.47 Å². The van der Waals surface area contributed by atoms with Gasteiger partial charge < -0.3 is 9.47 Å².